The molecule has 0 rings (SSSR count). The fraction of sp³-hybridized carbons (Fsp3) is 0.500. The van der Waals surface area contributed by atoms with Crippen LogP contribution in [0.1, 0.15) is 26.7 Å². The molecular weight excluding hydrogens is 96.1 g/mol. The van der Waals surface area contributed by atoms with Crippen LogP contribution < -0.4 is 0 Å². The molecule has 0 N–H and O–H groups in total. The van der Waals surface area contributed by atoms with Gasteiger partial charge in [0.15, 0.2) is 0 Å². The van der Waals surface area contributed by atoms with E-state index >= 15 is 0 Å². The zero-order valence-corrected chi connectivity index (χ0v) is 5.65. The van der Waals surface area contributed by atoms with Crippen LogP contribution in [0.3, 0.4) is 0 Å². The highest BCUT2D eigenvalue weighted by atomic mass is 13.7. The lowest BCUT2D eigenvalue weighted by Crippen LogP contribution is -1.56. The van der Waals surface area contributed by atoms with E-state index in [0.29, 0.717) is 0 Å². The Labute approximate surface area is 51.9 Å². The van der Waals surface area contributed by atoms with Gasteiger partial charge in [0.25, 0.3) is 0 Å². The minimum Gasteiger partial charge on any atom is -0.0885 e. The molecule has 0 spiro atoms. The van der Waals surface area contributed by atoms with Crippen LogP contribution >= 0.6 is 0 Å². The Morgan fingerprint density at radius 2 is 2.12 bits per heavy atom. The summed E-state index contributed by atoms with van der Waals surface area (Å²) < 4.78 is 0. The summed E-state index contributed by atoms with van der Waals surface area (Å²) in [5, 5.41) is 0. The molecule has 0 amide bonds. The topological polar surface area (TPSA) is 0 Å². The van der Waals surface area contributed by atoms with Gasteiger partial charge in [-0.1, -0.05) is 31.2 Å². The van der Waals surface area contributed by atoms with Gasteiger partial charge in [-0.05, 0) is 19.8 Å². The first-order valence-corrected chi connectivity index (χ1v) is 3.05. The highest BCUT2D eigenvalue weighted by Gasteiger charge is 1.65. The van der Waals surface area contributed by atoms with Crippen LogP contribution in [0.4, 0.5) is 0 Å². The lowest BCUT2D eigenvalue weighted by atomic mass is 10.3. The van der Waals surface area contributed by atoms with Crippen molar-refractivity contribution >= 4 is 0 Å². The van der Waals surface area contributed by atoms with Crippen LogP contribution in [0, 0.1) is 6.08 Å². The highest BCUT2D eigenvalue weighted by molar-refractivity contribution is 4.87. The summed E-state index contributed by atoms with van der Waals surface area (Å²) in [5.74, 6) is 0. The number of rotatable bonds is 3. The van der Waals surface area contributed by atoms with Gasteiger partial charge in [-0.25, -0.2) is 0 Å². The molecular formula is C8H13. The Hall–Kier alpha value is -0.520. The van der Waals surface area contributed by atoms with Crippen molar-refractivity contribution < 1.29 is 0 Å². The molecule has 0 heterocycles. The maximum absolute atomic E-state index is 2.95. The molecule has 0 unspecified atom stereocenters. The Balaban J connectivity index is 3.03. The van der Waals surface area contributed by atoms with Crippen LogP contribution in [0.2, 0.25) is 0 Å². The van der Waals surface area contributed by atoms with E-state index in [4.69, 9.17) is 0 Å². The molecule has 0 nitrogen and oxygen atoms in total. The molecule has 0 aromatic rings. The first kappa shape index (κ1) is 7.48. The lowest BCUT2D eigenvalue weighted by molar-refractivity contribution is 1.20. The summed E-state index contributed by atoms with van der Waals surface area (Å²) in [6.45, 7) is 4.05. The minimum absolute atomic E-state index is 1.03. The van der Waals surface area contributed by atoms with Crippen LogP contribution in [0.25, 0.3) is 0 Å². The predicted molar refractivity (Wildman–Crippen MR) is 37.5 cm³/mol. The number of hydrogen-bond acceptors (Lipinski definition) is 0. The van der Waals surface area contributed by atoms with Crippen LogP contribution in [0.5, 0.6) is 0 Å². The van der Waals surface area contributed by atoms with Crippen LogP contribution in [-0.2, 0) is 0 Å². The molecule has 45 valence electrons. The summed E-state index contributed by atoms with van der Waals surface area (Å²) in [6.07, 6.45) is 11.4. The Bertz CT molecular complexity index is 78.0. The molecule has 0 saturated heterocycles. The van der Waals surface area contributed by atoms with Crippen molar-refractivity contribution in [2.24, 2.45) is 0 Å². The van der Waals surface area contributed by atoms with Gasteiger partial charge in [-0.3, -0.25) is 0 Å². The smallest absolute Gasteiger partial charge is 0.0163 e. The molecule has 0 aromatic carbocycles. The zero-order valence-electron chi connectivity index (χ0n) is 5.65. The lowest BCUT2D eigenvalue weighted by Gasteiger charge is -1.76. The van der Waals surface area contributed by atoms with E-state index < -0.39 is 0 Å². The van der Waals surface area contributed by atoms with E-state index in [0.717, 1.165) is 12.8 Å². The van der Waals surface area contributed by atoms with Crippen molar-refractivity contribution in [1.29, 1.82) is 0 Å². The Kier molecular flexibility index (Phi) is 6.06. The molecule has 0 aliphatic carbocycles. The van der Waals surface area contributed by atoms with Gasteiger partial charge < -0.3 is 0 Å². The molecule has 0 aromatic heterocycles. The first-order valence-electron chi connectivity index (χ1n) is 3.05. The van der Waals surface area contributed by atoms with Gasteiger partial charge in [0.1, 0.15) is 0 Å². The molecule has 0 fully saturated rings. The number of hydrogen-bond donors (Lipinski definition) is 0. The molecule has 0 saturated carbocycles. The summed E-state index contributed by atoms with van der Waals surface area (Å²) in [5.41, 5.74) is 0. The third-order valence-electron chi connectivity index (χ3n) is 0.860. The summed E-state index contributed by atoms with van der Waals surface area (Å²) in [7, 11) is 0. The van der Waals surface area contributed by atoms with Gasteiger partial charge >= 0.3 is 0 Å². The third kappa shape index (κ3) is 5.48. The quantitative estimate of drug-likeness (QED) is 0.489. The van der Waals surface area contributed by atoms with Gasteiger partial charge in [0.2, 0.25) is 0 Å². The molecule has 1 radical (unpaired) electrons. The minimum atomic E-state index is 1.03. The molecule has 8 heavy (non-hydrogen) atoms. The molecule has 0 bridgehead atoms. The number of allylic oxidation sites excluding steroid dienone is 4. The highest BCUT2D eigenvalue weighted by Crippen LogP contribution is 1.86. The van der Waals surface area contributed by atoms with Gasteiger partial charge in [0.05, 0.1) is 0 Å². The summed E-state index contributed by atoms with van der Waals surface area (Å²) >= 11 is 0. The second-order valence-corrected chi connectivity index (χ2v) is 1.61. The largest absolute Gasteiger partial charge is 0.0885 e. The second kappa shape index (κ2) is 6.48. The average Bonchev–Trinajstić information content (AvgIpc) is 1.81. The predicted octanol–water partition coefficient (Wildman–Crippen LogP) is 2.72. The van der Waals surface area contributed by atoms with Crippen molar-refractivity contribution in [2.75, 3.05) is 0 Å². The summed E-state index contributed by atoms with van der Waals surface area (Å²) in [4.78, 5) is 0. The standard InChI is InChI=1S/C8H13/c1-3-5-7-8-6-4-2/h5-7H,3,8H2,1-2H3/b6-4?,7-5+. The Morgan fingerprint density at radius 1 is 1.38 bits per heavy atom. The molecule has 0 atom stereocenters. The van der Waals surface area contributed by atoms with Crippen molar-refractivity contribution in [3.05, 3.63) is 24.3 Å². The fourth-order valence-electron chi connectivity index (χ4n) is 0.449. The van der Waals surface area contributed by atoms with Crippen LogP contribution in [0.15, 0.2) is 18.2 Å². The van der Waals surface area contributed by atoms with Gasteiger partial charge in [-0.15, -0.1) is 0 Å². The third-order valence-corrected chi connectivity index (χ3v) is 0.860. The molecule has 0 heteroatoms. The second-order valence-electron chi connectivity index (χ2n) is 1.61. The Morgan fingerprint density at radius 3 is 2.62 bits per heavy atom. The monoisotopic (exact) mass is 109 g/mol. The molecule has 0 aliphatic rings. The van der Waals surface area contributed by atoms with Crippen LogP contribution in [-0.4, -0.2) is 0 Å². The van der Waals surface area contributed by atoms with Crippen molar-refractivity contribution in [1.82, 2.24) is 0 Å². The fourth-order valence-corrected chi connectivity index (χ4v) is 0.449. The van der Waals surface area contributed by atoms with Gasteiger partial charge in [0, 0.05) is 0 Å². The normalized spacial score (nSPS) is 11.8. The SMILES string of the molecule is C/[C]=C/C/C=C/CC. The van der Waals surface area contributed by atoms with Crippen molar-refractivity contribution in [2.45, 2.75) is 26.7 Å². The van der Waals surface area contributed by atoms with E-state index in [1.165, 1.54) is 0 Å². The van der Waals surface area contributed by atoms with E-state index in [1.807, 2.05) is 13.0 Å². The zero-order chi connectivity index (χ0) is 6.24. The van der Waals surface area contributed by atoms with E-state index in [-0.39, 0.29) is 0 Å². The maximum Gasteiger partial charge on any atom is -0.0163 e. The first-order chi connectivity index (χ1) is 3.91. The summed E-state index contributed by atoms with van der Waals surface area (Å²) in [6, 6.07) is 0. The van der Waals surface area contributed by atoms with Gasteiger partial charge in [-0.2, -0.15) is 0 Å². The van der Waals surface area contributed by atoms with Crippen molar-refractivity contribution in [3.8, 4) is 0 Å². The maximum atomic E-state index is 2.95. The van der Waals surface area contributed by atoms with E-state index in [1.54, 1.807) is 0 Å². The molecule has 0 aliphatic heterocycles. The average molecular weight is 109 g/mol. The van der Waals surface area contributed by atoms with Crippen molar-refractivity contribution in [3.63, 3.8) is 0 Å². The van der Waals surface area contributed by atoms with E-state index in [2.05, 4.69) is 25.2 Å². The van der Waals surface area contributed by atoms with E-state index in [9.17, 15) is 0 Å².